The second-order valence-corrected chi connectivity index (χ2v) is 6.00. The number of imidazole rings is 1. The number of carbonyl (C=O) groups is 1. The molecule has 1 atom stereocenters. The quantitative estimate of drug-likeness (QED) is 0.754. The Labute approximate surface area is 136 Å². The molecule has 0 radical (unpaired) electrons. The van der Waals surface area contributed by atoms with Crippen LogP contribution in [-0.2, 0) is 4.79 Å². The zero-order valence-electron chi connectivity index (χ0n) is 13.1. The number of benzene rings is 1. The molecule has 1 heterocycles. The molecule has 0 bridgehead atoms. The van der Waals surface area contributed by atoms with Gasteiger partial charge in [0.05, 0.1) is 6.33 Å². The average molecular weight is 321 g/mol. The highest BCUT2D eigenvalue weighted by molar-refractivity contribution is 6.30. The van der Waals surface area contributed by atoms with Gasteiger partial charge < -0.3 is 4.74 Å². The molecule has 0 spiro atoms. The van der Waals surface area contributed by atoms with Gasteiger partial charge in [-0.05, 0) is 37.1 Å². The number of aromatic nitrogens is 2. The van der Waals surface area contributed by atoms with Gasteiger partial charge in [0.25, 0.3) is 0 Å². The fourth-order valence-electron chi connectivity index (χ4n) is 2.20. The number of ketones is 1. The molecule has 0 amide bonds. The predicted molar refractivity (Wildman–Crippen MR) is 87.0 cm³/mol. The summed E-state index contributed by atoms with van der Waals surface area (Å²) in [6.07, 6.45) is 5.78. The zero-order chi connectivity index (χ0) is 16.2. The monoisotopic (exact) mass is 320 g/mol. The molecule has 1 unspecified atom stereocenters. The lowest BCUT2D eigenvalue weighted by atomic mass is 9.79. The lowest BCUT2D eigenvalue weighted by molar-refractivity contribution is -0.139. The maximum atomic E-state index is 13.0. The molecule has 0 fully saturated rings. The van der Waals surface area contributed by atoms with Crippen LogP contribution in [-0.4, -0.2) is 15.3 Å². The Morgan fingerprint density at radius 1 is 1.32 bits per heavy atom. The summed E-state index contributed by atoms with van der Waals surface area (Å²) in [7, 11) is 0. The summed E-state index contributed by atoms with van der Waals surface area (Å²) < 4.78 is 7.64. The first-order valence-electron chi connectivity index (χ1n) is 7.44. The van der Waals surface area contributed by atoms with Gasteiger partial charge in [0, 0.05) is 22.8 Å². The van der Waals surface area contributed by atoms with Gasteiger partial charge >= 0.3 is 0 Å². The van der Waals surface area contributed by atoms with E-state index in [9.17, 15) is 4.79 Å². The Balaban J connectivity index is 2.31. The third-order valence-corrected chi connectivity index (χ3v) is 4.49. The van der Waals surface area contributed by atoms with Crippen LogP contribution >= 0.6 is 11.6 Å². The highest BCUT2D eigenvalue weighted by atomic mass is 35.5. The van der Waals surface area contributed by atoms with Gasteiger partial charge in [-0.15, -0.1) is 0 Å². The van der Waals surface area contributed by atoms with E-state index in [0.29, 0.717) is 10.8 Å². The number of halogens is 1. The summed E-state index contributed by atoms with van der Waals surface area (Å²) in [5.74, 6) is 0.649. The highest BCUT2D eigenvalue weighted by Crippen LogP contribution is 2.33. The highest BCUT2D eigenvalue weighted by Gasteiger charge is 2.37. The van der Waals surface area contributed by atoms with Crippen molar-refractivity contribution >= 4 is 17.4 Å². The lowest BCUT2D eigenvalue weighted by Crippen LogP contribution is -2.36. The molecule has 1 aromatic heterocycles. The van der Waals surface area contributed by atoms with Crippen LogP contribution in [0.25, 0.3) is 0 Å². The molecule has 2 aromatic rings. The van der Waals surface area contributed by atoms with Gasteiger partial charge in [0.2, 0.25) is 6.23 Å². The molecule has 5 heteroatoms. The summed E-state index contributed by atoms with van der Waals surface area (Å²) in [6, 6.07) is 7.00. The molecule has 0 aliphatic carbocycles. The van der Waals surface area contributed by atoms with E-state index >= 15 is 0 Å². The van der Waals surface area contributed by atoms with E-state index in [1.807, 2.05) is 20.8 Å². The van der Waals surface area contributed by atoms with E-state index in [0.717, 1.165) is 12.8 Å². The largest absolute Gasteiger partial charge is 0.463 e. The molecule has 118 valence electrons. The lowest BCUT2D eigenvalue weighted by Gasteiger charge is -2.30. The van der Waals surface area contributed by atoms with Gasteiger partial charge in [0.1, 0.15) is 5.75 Å². The fraction of sp³-hybridized carbons (Fsp3) is 0.412. The first kappa shape index (κ1) is 16.6. The van der Waals surface area contributed by atoms with E-state index in [2.05, 4.69) is 4.98 Å². The summed E-state index contributed by atoms with van der Waals surface area (Å²) >= 11 is 5.89. The van der Waals surface area contributed by atoms with Crippen LogP contribution in [0, 0.1) is 5.41 Å². The van der Waals surface area contributed by atoms with E-state index in [4.69, 9.17) is 16.3 Å². The van der Waals surface area contributed by atoms with Crippen molar-refractivity contribution in [2.24, 2.45) is 5.41 Å². The number of Topliss-reactive ketones (excluding diaryl/α,β-unsaturated/α-hetero) is 1. The molecular formula is C17H21ClN2O2. The summed E-state index contributed by atoms with van der Waals surface area (Å²) in [5.41, 5.74) is -0.429. The third-order valence-electron chi connectivity index (χ3n) is 4.24. The molecule has 0 saturated carbocycles. The van der Waals surface area contributed by atoms with E-state index in [1.165, 1.54) is 0 Å². The number of rotatable bonds is 7. The third kappa shape index (κ3) is 3.50. The minimum atomic E-state index is -0.728. The Morgan fingerprint density at radius 3 is 2.45 bits per heavy atom. The van der Waals surface area contributed by atoms with Gasteiger partial charge in [0.15, 0.2) is 5.78 Å². The van der Waals surface area contributed by atoms with Crippen molar-refractivity contribution in [3.05, 3.63) is 48.0 Å². The van der Waals surface area contributed by atoms with E-state index in [-0.39, 0.29) is 5.78 Å². The minimum absolute atomic E-state index is 0.0467. The predicted octanol–water partition coefficient (Wildman–Crippen LogP) is 4.51. The van der Waals surface area contributed by atoms with E-state index < -0.39 is 11.6 Å². The van der Waals surface area contributed by atoms with Crippen LogP contribution in [0.1, 0.15) is 39.8 Å². The number of carbonyl (C=O) groups excluding carboxylic acids is 1. The van der Waals surface area contributed by atoms with E-state index in [1.54, 1.807) is 47.6 Å². The average Bonchev–Trinajstić information content (AvgIpc) is 3.07. The number of nitrogens with zero attached hydrogens (tertiary/aromatic N) is 2. The van der Waals surface area contributed by atoms with Gasteiger partial charge in [-0.1, -0.05) is 32.4 Å². The number of hydrogen-bond donors (Lipinski definition) is 0. The molecule has 22 heavy (non-hydrogen) atoms. The Bertz CT molecular complexity index is 604. The van der Waals surface area contributed by atoms with Gasteiger partial charge in [-0.2, -0.15) is 0 Å². The van der Waals surface area contributed by atoms with Gasteiger partial charge in [-0.25, -0.2) is 4.98 Å². The molecule has 1 aromatic carbocycles. The van der Waals surface area contributed by atoms with Gasteiger partial charge in [-0.3, -0.25) is 9.36 Å². The number of hydrogen-bond acceptors (Lipinski definition) is 3. The van der Waals surface area contributed by atoms with Crippen LogP contribution in [0.4, 0.5) is 0 Å². The van der Waals surface area contributed by atoms with Crippen molar-refractivity contribution in [2.75, 3.05) is 0 Å². The first-order chi connectivity index (χ1) is 10.5. The summed E-state index contributed by atoms with van der Waals surface area (Å²) in [5, 5.41) is 0.629. The molecule has 0 N–H and O–H groups in total. The zero-order valence-corrected chi connectivity index (χ0v) is 13.9. The fourth-order valence-corrected chi connectivity index (χ4v) is 2.32. The molecule has 0 aliphatic heterocycles. The topological polar surface area (TPSA) is 44.1 Å². The smallest absolute Gasteiger partial charge is 0.236 e. The van der Waals surface area contributed by atoms with Crippen molar-refractivity contribution in [1.82, 2.24) is 9.55 Å². The van der Waals surface area contributed by atoms with Crippen molar-refractivity contribution < 1.29 is 9.53 Å². The van der Waals surface area contributed by atoms with Crippen molar-refractivity contribution in [3.8, 4) is 5.75 Å². The summed E-state index contributed by atoms with van der Waals surface area (Å²) in [6.45, 7) is 6.02. The maximum Gasteiger partial charge on any atom is 0.236 e. The molecule has 0 aliphatic rings. The normalized spacial score (nSPS) is 12.9. The second-order valence-electron chi connectivity index (χ2n) is 5.57. The Morgan fingerprint density at radius 2 is 1.95 bits per heavy atom. The van der Waals surface area contributed by atoms with Crippen LogP contribution in [0.15, 0.2) is 43.0 Å². The first-order valence-corrected chi connectivity index (χ1v) is 7.82. The number of ether oxygens (including phenoxy) is 1. The SMILES string of the molecule is CCC(C)(CC)C(=O)C(Oc1ccc(Cl)cc1)n1ccnc1. The van der Waals surface area contributed by atoms with Crippen molar-refractivity contribution in [3.63, 3.8) is 0 Å². The maximum absolute atomic E-state index is 13.0. The summed E-state index contributed by atoms with van der Waals surface area (Å²) in [4.78, 5) is 17.0. The van der Waals surface area contributed by atoms with Crippen molar-refractivity contribution in [1.29, 1.82) is 0 Å². The van der Waals surface area contributed by atoms with Crippen LogP contribution in [0.2, 0.25) is 5.02 Å². The molecular weight excluding hydrogens is 300 g/mol. The van der Waals surface area contributed by atoms with Crippen LogP contribution < -0.4 is 4.74 Å². The Hall–Kier alpha value is -1.81. The standard InChI is InChI=1S/C17H21ClN2O2/c1-4-17(3,5-2)15(21)16(20-11-10-19-12-20)22-14-8-6-13(18)7-9-14/h6-12,16H,4-5H2,1-3H3. The molecule has 4 nitrogen and oxygen atoms in total. The Kier molecular flexibility index (Phi) is 5.24. The van der Waals surface area contributed by atoms with Crippen LogP contribution in [0.5, 0.6) is 5.75 Å². The molecule has 2 rings (SSSR count). The second kappa shape index (κ2) is 6.97. The molecule has 0 saturated heterocycles. The minimum Gasteiger partial charge on any atom is -0.463 e. The van der Waals surface area contributed by atoms with Crippen molar-refractivity contribution in [2.45, 2.75) is 39.8 Å². The van der Waals surface area contributed by atoms with Crippen LogP contribution in [0.3, 0.4) is 0 Å².